The van der Waals surface area contributed by atoms with Gasteiger partial charge in [0.15, 0.2) is 0 Å². The van der Waals surface area contributed by atoms with Gasteiger partial charge in [-0.3, -0.25) is 4.79 Å². The molecule has 120 valence electrons. The maximum absolute atomic E-state index is 12.4. The SMILES string of the molecule is C=CCCNC(=O)C(COCc1ccccc1)c1ccccc1. The molecule has 2 aromatic carbocycles. The average Bonchev–Trinajstić information content (AvgIpc) is 2.60. The van der Waals surface area contributed by atoms with Gasteiger partial charge in [0, 0.05) is 6.54 Å². The van der Waals surface area contributed by atoms with Crippen LogP contribution in [0.2, 0.25) is 0 Å². The van der Waals surface area contributed by atoms with Crippen LogP contribution in [0.3, 0.4) is 0 Å². The molecule has 0 fully saturated rings. The minimum atomic E-state index is -0.301. The minimum absolute atomic E-state index is 0.00823. The summed E-state index contributed by atoms with van der Waals surface area (Å²) < 4.78 is 5.78. The molecule has 3 heteroatoms. The molecule has 0 radical (unpaired) electrons. The predicted molar refractivity (Wildman–Crippen MR) is 93.1 cm³/mol. The van der Waals surface area contributed by atoms with E-state index in [1.165, 1.54) is 0 Å². The van der Waals surface area contributed by atoms with E-state index >= 15 is 0 Å². The van der Waals surface area contributed by atoms with Crippen molar-refractivity contribution >= 4 is 5.91 Å². The first kappa shape index (κ1) is 17.0. The van der Waals surface area contributed by atoms with Crippen LogP contribution in [0.1, 0.15) is 23.5 Å². The normalized spacial score (nSPS) is 11.7. The zero-order valence-corrected chi connectivity index (χ0v) is 13.3. The van der Waals surface area contributed by atoms with Gasteiger partial charge in [-0.1, -0.05) is 66.7 Å². The van der Waals surface area contributed by atoms with E-state index in [0.29, 0.717) is 19.8 Å². The Kier molecular flexibility index (Phi) is 7.08. The van der Waals surface area contributed by atoms with Gasteiger partial charge in [-0.15, -0.1) is 6.58 Å². The lowest BCUT2D eigenvalue weighted by Crippen LogP contribution is -2.32. The van der Waals surface area contributed by atoms with Crippen LogP contribution < -0.4 is 5.32 Å². The second-order valence-electron chi connectivity index (χ2n) is 5.33. The van der Waals surface area contributed by atoms with E-state index in [0.717, 1.165) is 17.5 Å². The van der Waals surface area contributed by atoms with Crippen LogP contribution in [0, 0.1) is 0 Å². The van der Waals surface area contributed by atoms with E-state index in [-0.39, 0.29) is 11.8 Å². The van der Waals surface area contributed by atoms with Gasteiger partial charge in [0.25, 0.3) is 0 Å². The van der Waals surface area contributed by atoms with Crippen molar-refractivity contribution < 1.29 is 9.53 Å². The molecule has 0 saturated carbocycles. The summed E-state index contributed by atoms with van der Waals surface area (Å²) in [5, 5.41) is 2.94. The third-order valence-electron chi connectivity index (χ3n) is 3.56. The summed E-state index contributed by atoms with van der Waals surface area (Å²) in [6.45, 7) is 5.13. The van der Waals surface area contributed by atoms with Crippen molar-refractivity contribution in [3.63, 3.8) is 0 Å². The number of hydrogen-bond donors (Lipinski definition) is 1. The van der Waals surface area contributed by atoms with E-state index in [1.807, 2.05) is 60.7 Å². The first-order valence-electron chi connectivity index (χ1n) is 7.86. The molecule has 2 rings (SSSR count). The fourth-order valence-electron chi connectivity index (χ4n) is 2.30. The van der Waals surface area contributed by atoms with Gasteiger partial charge in [0.05, 0.1) is 19.1 Å². The first-order chi connectivity index (χ1) is 11.3. The average molecular weight is 309 g/mol. The van der Waals surface area contributed by atoms with Gasteiger partial charge in [-0.2, -0.15) is 0 Å². The molecule has 23 heavy (non-hydrogen) atoms. The predicted octanol–water partition coefficient (Wildman–Crippen LogP) is 3.68. The van der Waals surface area contributed by atoms with Crippen LogP contribution in [0.4, 0.5) is 0 Å². The maximum Gasteiger partial charge on any atom is 0.229 e. The molecule has 0 heterocycles. The smallest absolute Gasteiger partial charge is 0.229 e. The quantitative estimate of drug-likeness (QED) is 0.567. The van der Waals surface area contributed by atoms with Gasteiger partial charge in [-0.25, -0.2) is 0 Å². The lowest BCUT2D eigenvalue weighted by Gasteiger charge is -2.17. The Labute approximate surface area is 138 Å². The fraction of sp³-hybridized carbons (Fsp3) is 0.250. The zero-order chi connectivity index (χ0) is 16.3. The molecule has 0 aliphatic heterocycles. The number of nitrogens with one attached hydrogen (secondary N) is 1. The maximum atomic E-state index is 12.4. The second kappa shape index (κ2) is 9.59. The third kappa shape index (κ3) is 5.72. The minimum Gasteiger partial charge on any atom is -0.376 e. The van der Waals surface area contributed by atoms with Crippen molar-refractivity contribution in [2.45, 2.75) is 18.9 Å². The van der Waals surface area contributed by atoms with E-state index in [4.69, 9.17) is 4.74 Å². The Hall–Kier alpha value is -2.39. The van der Waals surface area contributed by atoms with Crippen molar-refractivity contribution in [1.29, 1.82) is 0 Å². The highest BCUT2D eigenvalue weighted by Crippen LogP contribution is 2.17. The molecule has 0 bridgehead atoms. The molecule has 1 atom stereocenters. The van der Waals surface area contributed by atoms with Crippen LogP contribution in [-0.4, -0.2) is 19.1 Å². The Balaban J connectivity index is 1.96. The third-order valence-corrected chi connectivity index (χ3v) is 3.56. The molecular formula is C20H23NO2. The summed E-state index contributed by atoms with van der Waals surface area (Å²) in [6.07, 6.45) is 2.56. The van der Waals surface area contributed by atoms with Gasteiger partial charge in [0.1, 0.15) is 0 Å². The van der Waals surface area contributed by atoms with Crippen LogP contribution in [0.5, 0.6) is 0 Å². The van der Waals surface area contributed by atoms with Crippen molar-refractivity contribution in [3.05, 3.63) is 84.4 Å². The summed E-state index contributed by atoms with van der Waals surface area (Å²) in [5.74, 6) is -0.309. The Morgan fingerprint density at radius 3 is 2.39 bits per heavy atom. The van der Waals surface area contributed by atoms with Crippen molar-refractivity contribution in [1.82, 2.24) is 5.32 Å². The van der Waals surface area contributed by atoms with Crippen LogP contribution >= 0.6 is 0 Å². The summed E-state index contributed by atoms with van der Waals surface area (Å²) in [7, 11) is 0. The monoisotopic (exact) mass is 309 g/mol. The lowest BCUT2D eigenvalue weighted by atomic mass is 9.99. The molecule has 0 saturated heterocycles. The molecule has 1 N–H and O–H groups in total. The number of benzene rings is 2. The number of ether oxygens (including phenoxy) is 1. The second-order valence-corrected chi connectivity index (χ2v) is 5.33. The Morgan fingerprint density at radius 2 is 1.74 bits per heavy atom. The highest BCUT2D eigenvalue weighted by molar-refractivity contribution is 5.83. The van der Waals surface area contributed by atoms with E-state index in [2.05, 4.69) is 11.9 Å². The number of carbonyl (C=O) groups excluding carboxylic acids is 1. The zero-order valence-electron chi connectivity index (χ0n) is 13.3. The van der Waals surface area contributed by atoms with E-state index in [9.17, 15) is 4.79 Å². The number of amides is 1. The van der Waals surface area contributed by atoms with Crippen LogP contribution in [-0.2, 0) is 16.1 Å². The molecule has 1 unspecified atom stereocenters. The highest BCUT2D eigenvalue weighted by atomic mass is 16.5. The van der Waals surface area contributed by atoms with Crippen molar-refractivity contribution in [2.75, 3.05) is 13.2 Å². The Bertz CT molecular complexity index is 596. The number of rotatable bonds is 9. The van der Waals surface area contributed by atoms with Crippen molar-refractivity contribution in [2.24, 2.45) is 0 Å². The topological polar surface area (TPSA) is 38.3 Å². The molecule has 1 amide bonds. The molecule has 0 aliphatic carbocycles. The molecule has 3 nitrogen and oxygen atoms in total. The van der Waals surface area contributed by atoms with Crippen molar-refractivity contribution in [3.8, 4) is 0 Å². The van der Waals surface area contributed by atoms with Gasteiger partial charge in [-0.05, 0) is 17.5 Å². The highest BCUT2D eigenvalue weighted by Gasteiger charge is 2.20. The summed E-state index contributed by atoms with van der Waals surface area (Å²) in [4.78, 5) is 12.4. The molecule has 0 aromatic heterocycles. The molecule has 0 spiro atoms. The van der Waals surface area contributed by atoms with Gasteiger partial charge < -0.3 is 10.1 Å². The number of hydrogen-bond acceptors (Lipinski definition) is 2. The molecular weight excluding hydrogens is 286 g/mol. The number of carbonyl (C=O) groups is 1. The van der Waals surface area contributed by atoms with Crippen LogP contribution in [0.25, 0.3) is 0 Å². The van der Waals surface area contributed by atoms with E-state index < -0.39 is 0 Å². The molecule has 0 aliphatic rings. The van der Waals surface area contributed by atoms with E-state index in [1.54, 1.807) is 6.08 Å². The Morgan fingerprint density at radius 1 is 1.09 bits per heavy atom. The first-order valence-corrected chi connectivity index (χ1v) is 7.86. The lowest BCUT2D eigenvalue weighted by molar-refractivity contribution is -0.124. The molecule has 2 aromatic rings. The van der Waals surface area contributed by atoms with Crippen LogP contribution in [0.15, 0.2) is 73.3 Å². The summed E-state index contributed by atoms with van der Waals surface area (Å²) in [6, 6.07) is 19.7. The summed E-state index contributed by atoms with van der Waals surface area (Å²) >= 11 is 0. The fourth-order valence-corrected chi connectivity index (χ4v) is 2.30. The largest absolute Gasteiger partial charge is 0.376 e. The standard InChI is InChI=1S/C20H23NO2/c1-2-3-14-21-20(22)19(18-12-8-5-9-13-18)16-23-15-17-10-6-4-7-11-17/h2,4-13,19H,1,3,14-16H2,(H,21,22). The van der Waals surface area contributed by atoms with Gasteiger partial charge in [0.2, 0.25) is 5.91 Å². The van der Waals surface area contributed by atoms with Gasteiger partial charge >= 0.3 is 0 Å². The summed E-state index contributed by atoms with van der Waals surface area (Å²) in [5.41, 5.74) is 2.07.